The first kappa shape index (κ1) is 16.8. The topological polar surface area (TPSA) is 23.6 Å². The maximum Gasteiger partial charge on any atom is 0.223 e. The highest BCUT2D eigenvalue weighted by molar-refractivity contribution is 7.09. The molecular weight excluding hydrogens is 328 g/mol. The van der Waals surface area contributed by atoms with Crippen molar-refractivity contribution in [2.75, 3.05) is 13.1 Å². The summed E-state index contributed by atoms with van der Waals surface area (Å²) in [5.41, 5.74) is 2.62. The van der Waals surface area contributed by atoms with E-state index in [9.17, 15) is 4.79 Å². The molecule has 4 rings (SSSR count). The smallest absolute Gasteiger partial charge is 0.223 e. The molecule has 0 saturated carbocycles. The highest BCUT2D eigenvalue weighted by Gasteiger charge is 2.46. The van der Waals surface area contributed by atoms with E-state index in [0.717, 1.165) is 51.9 Å². The zero-order chi connectivity index (χ0) is 17.3. The van der Waals surface area contributed by atoms with E-state index >= 15 is 0 Å². The van der Waals surface area contributed by atoms with Gasteiger partial charge in [-0.2, -0.15) is 0 Å². The predicted octanol–water partition coefficient (Wildman–Crippen LogP) is 4.21. The highest BCUT2D eigenvalue weighted by atomic mass is 32.1. The monoisotopic (exact) mass is 354 g/mol. The molecule has 0 bridgehead atoms. The van der Waals surface area contributed by atoms with E-state index < -0.39 is 0 Å². The zero-order valence-corrected chi connectivity index (χ0v) is 15.7. The van der Waals surface area contributed by atoms with Crippen LogP contribution in [-0.4, -0.2) is 34.3 Å². The summed E-state index contributed by atoms with van der Waals surface area (Å²) in [5, 5.41) is 2.15. The van der Waals surface area contributed by atoms with Gasteiger partial charge in [-0.15, -0.1) is 11.3 Å². The van der Waals surface area contributed by atoms with Gasteiger partial charge >= 0.3 is 0 Å². The molecule has 1 amide bonds. The lowest BCUT2D eigenvalue weighted by atomic mass is 9.84. The van der Waals surface area contributed by atoms with Crippen LogP contribution in [0.5, 0.6) is 0 Å². The first-order valence-electron chi connectivity index (χ1n) is 9.25. The van der Waals surface area contributed by atoms with Crippen LogP contribution < -0.4 is 0 Å². The number of rotatable bonds is 4. The van der Waals surface area contributed by atoms with Crippen molar-refractivity contribution in [2.45, 2.75) is 51.2 Å². The Morgan fingerprint density at radius 2 is 1.92 bits per heavy atom. The molecule has 2 aliphatic heterocycles. The number of piperidine rings is 1. The molecule has 25 heavy (non-hydrogen) atoms. The van der Waals surface area contributed by atoms with Gasteiger partial charge in [0.15, 0.2) is 0 Å². The lowest BCUT2D eigenvalue weighted by Crippen LogP contribution is -2.52. The van der Waals surface area contributed by atoms with Crippen LogP contribution in [0.25, 0.3) is 0 Å². The van der Waals surface area contributed by atoms with Crippen LogP contribution >= 0.6 is 11.3 Å². The van der Waals surface area contributed by atoms with E-state index in [0.29, 0.717) is 5.91 Å². The summed E-state index contributed by atoms with van der Waals surface area (Å²) in [6.45, 7) is 6.13. The van der Waals surface area contributed by atoms with Gasteiger partial charge in [-0.3, -0.25) is 9.69 Å². The molecule has 1 aromatic heterocycles. The third kappa shape index (κ3) is 3.51. The summed E-state index contributed by atoms with van der Waals surface area (Å²) >= 11 is 1.84. The summed E-state index contributed by atoms with van der Waals surface area (Å²) < 4.78 is 0. The highest BCUT2D eigenvalue weighted by Crippen LogP contribution is 2.40. The van der Waals surface area contributed by atoms with E-state index in [1.165, 1.54) is 16.0 Å². The second kappa shape index (κ2) is 6.93. The quantitative estimate of drug-likeness (QED) is 0.821. The zero-order valence-electron chi connectivity index (χ0n) is 14.9. The Hall–Kier alpha value is -1.65. The standard InChI is InChI=1S/C21H26N2OS/c1-17-4-2-5-18(14-17)15-23-20(24)7-8-21(23)9-11-22(12-10-21)16-19-6-3-13-25-19/h2-6,13-14H,7-12,15-16H2,1H3. The molecule has 3 nitrogen and oxygen atoms in total. The van der Waals surface area contributed by atoms with E-state index in [4.69, 9.17) is 0 Å². The number of benzene rings is 1. The first-order valence-corrected chi connectivity index (χ1v) is 10.1. The number of carbonyl (C=O) groups is 1. The van der Waals surface area contributed by atoms with Crippen LogP contribution in [-0.2, 0) is 17.9 Å². The van der Waals surface area contributed by atoms with Crippen LogP contribution in [0.3, 0.4) is 0 Å². The Morgan fingerprint density at radius 1 is 1.08 bits per heavy atom. The maximum atomic E-state index is 12.6. The third-order valence-electron chi connectivity index (χ3n) is 5.85. The number of amides is 1. The molecule has 2 aliphatic rings. The molecule has 0 aliphatic carbocycles. The minimum atomic E-state index is 0.0901. The van der Waals surface area contributed by atoms with Crippen molar-refractivity contribution in [2.24, 2.45) is 0 Å². The predicted molar refractivity (Wildman–Crippen MR) is 103 cm³/mol. The molecule has 4 heteroatoms. The van der Waals surface area contributed by atoms with Gasteiger partial charge < -0.3 is 4.90 Å². The van der Waals surface area contributed by atoms with Crippen LogP contribution in [0.2, 0.25) is 0 Å². The van der Waals surface area contributed by atoms with Gasteiger partial charge in [0.25, 0.3) is 0 Å². The normalized spacial score (nSPS) is 20.5. The van der Waals surface area contributed by atoms with Gasteiger partial charge in [0.1, 0.15) is 0 Å². The van der Waals surface area contributed by atoms with Gasteiger partial charge in [-0.25, -0.2) is 0 Å². The molecule has 132 valence electrons. The molecular formula is C21H26N2OS. The molecule has 0 unspecified atom stereocenters. The number of aryl methyl sites for hydroxylation is 1. The average molecular weight is 355 g/mol. The maximum absolute atomic E-state index is 12.6. The lowest BCUT2D eigenvalue weighted by Gasteiger charge is -2.45. The fourth-order valence-corrected chi connectivity index (χ4v) is 5.14. The fraction of sp³-hybridized carbons (Fsp3) is 0.476. The Morgan fingerprint density at radius 3 is 2.64 bits per heavy atom. The first-order chi connectivity index (χ1) is 12.1. The van der Waals surface area contributed by atoms with Gasteiger partial charge in [-0.05, 0) is 43.2 Å². The van der Waals surface area contributed by atoms with Crippen molar-refractivity contribution in [3.05, 3.63) is 57.8 Å². The molecule has 2 aromatic rings. The molecule has 0 N–H and O–H groups in total. The largest absolute Gasteiger partial charge is 0.333 e. The Bertz CT molecular complexity index is 732. The summed E-state index contributed by atoms with van der Waals surface area (Å²) in [5.74, 6) is 0.341. The number of hydrogen-bond acceptors (Lipinski definition) is 3. The van der Waals surface area contributed by atoms with E-state index in [-0.39, 0.29) is 5.54 Å². The second-order valence-corrected chi connectivity index (χ2v) is 8.58. The summed E-state index contributed by atoms with van der Waals surface area (Å²) in [7, 11) is 0. The van der Waals surface area contributed by atoms with Crippen molar-refractivity contribution in [3.8, 4) is 0 Å². The van der Waals surface area contributed by atoms with Crippen molar-refractivity contribution in [1.82, 2.24) is 9.80 Å². The van der Waals surface area contributed by atoms with E-state index in [2.05, 4.69) is 58.5 Å². The Balaban J connectivity index is 1.44. The van der Waals surface area contributed by atoms with Crippen molar-refractivity contribution >= 4 is 17.2 Å². The number of likely N-dealkylation sites (tertiary alicyclic amines) is 2. The van der Waals surface area contributed by atoms with Crippen LogP contribution in [0.15, 0.2) is 41.8 Å². The molecule has 2 saturated heterocycles. The summed E-state index contributed by atoms with van der Waals surface area (Å²) in [4.78, 5) is 18.8. The molecule has 1 aromatic carbocycles. The van der Waals surface area contributed by atoms with Crippen LogP contribution in [0.1, 0.15) is 41.7 Å². The van der Waals surface area contributed by atoms with Crippen LogP contribution in [0.4, 0.5) is 0 Å². The van der Waals surface area contributed by atoms with E-state index in [1.807, 2.05) is 11.3 Å². The van der Waals surface area contributed by atoms with E-state index in [1.54, 1.807) is 0 Å². The fourth-order valence-electron chi connectivity index (χ4n) is 4.39. The molecule has 0 radical (unpaired) electrons. The van der Waals surface area contributed by atoms with Crippen molar-refractivity contribution < 1.29 is 4.79 Å². The third-order valence-corrected chi connectivity index (χ3v) is 6.71. The number of hydrogen-bond donors (Lipinski definition) is 0. The minimum absolute atomic E-state index is 0.0901. The summed E-state index contributed by atoms with van der Waals surface area (Å²) in [6, 6.07) is 12.9. The summed E-state index contributed by atoms with van der Waals surface area (Å²) in [6.07, 6.45) is 3.97. The van der Waals surface area contributed by atoms with Crippen molar-refractivity contribution in [3.63, 3.8) is 0 Å². The Kier molecular flexibility index (Phi) is 4.65. The van der Waals surface area contributed by atoms with Crippen molar-refractivity contribution in [1.29, 1.82) is 0 Å². The number of carbonyl (C=O) groups excluding carboxylic acids is 1. The Labute approximate surface area is 154 Å². The lowest BCUT2D eigenvalue weighted by molar-refractivity contribution is -0.133. The minimum Gasteiger partial charge on any atom is -0.333 e. The molecule has 1 spiro atoms. The van der Waals surface area contributed by atoms with Gasteiger partial charge in [0, 0.05) is 43.0 Å². The van der Waals surface area contributed by atoms with Crippen LogP contribution in [0, 0.1) is 6.92 Å². The molecule has 0 atom stereocenters. The number of nitrogens with zero attached hydrogens (tertiary/aromatic N) is 2. The van der Waals surface area contributed by atoms with Gasteiger partial charge in [-0.1, -0.05) is 35.9 Å². The second-order valence-electron chi connectivity index (χ2n) is 7.55. The van der Waals surface area contributed by atoms with Gasteiger partial charge in [0.05, 0.1) is 0 Å². The molecule has 2 fully saturated rings. The van der Waals surface area contributed by atoms with Gasteiger partial charge in [0.2, 0.25) is 5.91 Å². The number of thiophene rings is 1. The SMILES string of the molecule is Cc1cccc(CN2C(=O)CCC23CCN(Cc2cccs2)CC3)c1. The molecule has 3 heterocycles. The average Bonchev–Trinajstić information content (AvgIpc) is 3.21.